The molecule has 2 aromatic rings. The first-order valence-electron chi connectivity index (χ1n) is 10.9. The molecule has 0 aliphatic carbocycles. The van der Waals surface area contributed by atoms with E-state index in [2.05, 4.69) is 20.3 Å². The summed E-state index contributed by atoms with van der Waals surface area (Å²) in [4.78, 5) is 22.5. The molecule has 4 unspecified atom stereocenters. The van der Waals surface area contributed by atoms with E-state index in [-0.39, 0.29) is 24.2 Å². The fourth-order valence-corrected chi connectivity index (χ4v) is 4.25. The van der Waals surface area contributed by atoms with Gasteiger partial charge < -0.3 is 38.1 Å². The maximum absolute atomic E-state index is 6.19. The van der Waals surface area contributed by atoms with E-state index in [1.54, 1.807) is 6.20 Å². The van der Waals surface area contributed by atoms with Crippen LogP contribution in [0, 0.1) is 0 Å². The van der Waals surface area contributed by atoms with Gasteiger partial charge in [-0.25, -0.2) is 0 Å². The Hall–Kier alpha value is -2.60. The van der Waals surface area contributed by atoms with Gasteiger partial charge in [-0.15, -0.1) is 0 Å². The third kappa shape index (κ3) is 5.76. The van der Waals surface area contributed by atoms with Gasteiger partial charge in [0, 0.05) is 75.2 Å². The minimum atomic E-state index is -0.0126. The summed E-state index contributed by atoms with van der Waals surface area (Å²) >= 11 is 0. The highest BCUT2D eigenvalue weighted by Crippen LogP contribution is 2.22. The van der Waals surface area contributed by atoms with Crippen LogP contribution in [0.5, 0.6) is 0 Å². The van der Waals surface area contributed by atoms with E-state index in [4.69, 9.17) is 27.9 Å². The third-order valence-corrected chi connectivity index (χ3v) is 5.60. The third-order valence-electron chi connectivity index (χ3n) is 5.60. The number of hydrogen-bond donors (Lipinski definition) is 5. The lowest BCUT2D eigenvalue weighted by atomic mass is 10.0. The molecule has 0 amide bonds. The monoisotopic (exact) mass is 427 g/mol. The first-order chi connectivity index (χ1) is 15.0. The van der Waals surface area contributed by atoms with Gasteiger partial charge in [0.2, 0.25) is 17.8 Å². The van der Waals surface area contributed by atoms with Crippen LogP contribution in [-0.2, 0) is 6.42 Å². The molecule has 2 aliphatic rings. The molecule has 4 heterocycles. The molecule has 2 saturated heterocycles. The van der Waals surface area contributed by atoms with Crippen molar-refractivity contribution in [2.24, 2.45) is 22.9 Å². The molecule has 2 aliphatic heterocycles. The number of pyridine rings is 1. The summed E-state index contributed by atoms with van der Waals surface area (Å²) in [7, 11) is 0. The Kier molecular flexibility index (Phi) is 6.76. The Morgan fingerprint density at radius 2 is 1.35 bits per heavy atom. The van der Waals surface area contributed by atoms with E-state index in [0.717, 1.165) is 25.0 Å². The SMILES string of the molecule is NC1CC(N)CN(c2nc(NCCc3ccccn3)nc(N3CC(N)CC(N)C3)n2)C1. The molecule has 2 fully saturated rings. The molecule has 9 N–H and O–H groups in total. The van der Waals surface area contributed by atoms with Gasteiger partial charge in [-0.1, -0.05) is 6.07 Å². The van der Waals surface area contributed by atoms with Crippen molar-refractivity contribution in [1.29, 1.82) is 0 Å². The molecule has 0 radical (unpaired) electrons. The number of aromatic nitrogens is 4. The van der Waals surface area contributed by atoms with Gasteiger partial charge in [0.25, 0.3) is 0 Å². The summed E-state index contributed by atoms with van der Waals surface area (Å²) < 4.78 is 0. The van der Waals surface area contributed by atoms with Crippen molar-refractivity contribution in [3.8, 4) is 0 Å². The molecule has 0 bridgehead atoms. The van der Waals surface area contributed by atoms with Crippen molar-refractivity contribution in [3.05, 3.63) is 30.1 Å². The fourth-order valence-electron chi connectivity index (χ4n) is 4.25. The maximum atomic E-state index is 6.19. The lowest BCUT2D eigenvalue weighted by Crippen LogP contribution is -2.54. The molecule has 0 aromatic carbocycles. The Bertz CT molecular complexity index is 784. The van der Waals surface area contributed by atoms with Gasteiger partial charge in [0.15, 0.2) is 0 Å². The zero-order valence-electron chi connectivity index (χ0n) is 17.8. The van der Waals surface area contributed by atoms with Gasteiger partial charge in [0.1, 0.15) is 0 Å². The average Bonchev–Trinajstić information content (AvgIpc) is 2.73. The predicted molar refractivity (Wildman–Crippen MR) is 122 cm³/mol. The molecule has 0 spiro atoms. The fraction of sp³-hybridized carbons (Fsp3) is 0.600. The first kappa shape index (κ1) is 21.6. The lowest BCUT2D eigenvalue weighted by Gasteiger charge is -2.37. The van der Waals surface area contributed by atoms with Crippen LogP contribution in [0.1, 0.15) is 18.5 Å². The molecule has 11 nitrogen and oxygen atoms in total. The number of anilines is 3. The van der Waals surface area contributed by atoms with Crippen LogP contribution in [0.4, 0.5) is 17.8 Å². The largest absolute Gasteiger partial charge is 0.354 e. The van der Waals surface area contributed by atoms with Gasteiger partial charge in [-0.3, -0.25) is 4.98 Å². The summed E-state index contributed by atoms with van der Waals surface area (Å²) in [5.41, 5.74) is 25.8. The summed E-state index contributed by atoms with van der Waals surface area (Å²) in [5.74, 6) is 1.66. The molecular weight excluding hydrogens is 394 g/mol. The van der Waals surface area contributed by atoms with Gasteiger partial charge in [0.05, 0.1) is 0 Å². The maximum Gasteiger partial charge on any atom is 0.232 e. The summed E-state index contributed by atoms with van der Waals surface area (Å²) in [6.45, 7) is 3.28. The van der Waals surface area contributed by atoms with Crippen molar-refractivity contribution >= 4 is 17.8 Å². The molecule has 2 aromatic heterocycles. The zero-order valence-corrected chi connectivity index (χ0v) is 17.8. The molecule has 31 heavy (non-hydrogen) atoms. The highest BCUT2D eigenvalue weighted by molar-refractivity contribution is 5.46. The van der Waals surface area contributed by atoms with Gasteiger partial charge in [-0.05, 0) is 25.0 Å². The molecule has 168 valence electrons. The minimum absolute atomic E-state index is 0.0126. The second-order valence-electron chi connectivity index (χ2n) is 8.58. The standard InChI is InChI=1S/C20H33N11/c21-13-7-14(22)10-30(9-13)19-27-18(26-6-4-17-3-1-2-5-25-17)28-20(29-19)31-11-15(23)8-16(24)12-31/h1-3,5,13-16H,4,6-12,21-24H2,(H,26,27,28,29). The molecule has 0 saturated carbocycles. The molecular formula is C20H33N11. The number of hydrogen-bond acceptors (Lipinski definition) is 11. The number of piperidine rings is 2. The topological polar surface area (TPSA) is 174 Å². The van der Waals surface area contributed by atoms with Crippen molar-refractivity contribution in [1.82, 2.24) is 19.9 Å². The smallest absolute Gasteiger partial charge is 0.232 e. The Morgan fingerprint density at radius 1 is 0.806 bits per heavy atom. The van der Waals surface area contributed by atoms with Crippen molar-refractivity contribution in [2.45, 2.75) is 43.4 Å². The minimum Gasteiger partial charge on any atom is -0.354 e. The second-order valence-corrected chi connectivity index (χ2v) is 8.58. The highest BCUT2D eigenvalue weighted by atomic mass is 15.4. The van der Waals surface area contributed by atoms with Crippen LogP contribution in [-0.4, -0.2) is 76.8 Å². The normalized spacial score (nSPS) is 26.7. The Morgan fingerprint density at radius 3 is 1.84 bits per heavy atom. The average molecular weight is 428 g/mol. The number of nitrogens with zero attached hydrogens (tertiary/aromatic N) is 6. The Labute approximate surface area is 182 Å². The number of nitrogens with one attached hydrogen (secondary N) is 1. The van der Waals surface area contributed by atoms with E-state index in [1.165, 1.54) is 0 Å². The summed E-state index contributed by atoms with van der Waals surface area (Å²) in [6.07, 6.45) is 4.13. The van der Waals surface area contributed by atoms with E-state index in [1.807, 2.05) is 28.0 Å². The second kappa shape index (κ2) is 9.69. The van der Waals surface area contributed by atoms with Crippen LogP contribution in [0.2, 0.25) is 0 Å². The number of nitrogens with two attached hydrogens (primary N) is 4. The Balaban J connectivity index is 1.55. The van der Waals surface area contributed by atoms with Crippen LogP contribution in [0.15, 0.2) is 24.4 Å². The predicted octanol–water partition coefficient (Wildman–Crippen LogP) is -1.35. The van der Waals surface area contributed by atoms with Gasteiger partial charge >= 0.3 is 0 Å². The van der Waals surface area contributed by atoms with E-state index in [0.29, 0.717) is 50.6 Å². The van der Waals surface area contributed by atoms with Crippen molar-refractivity contribution in [3.63, 3.8) is 0 Å². The van der Waals surface area contributed by atoms with Crippen LogP contribution < -0.4 is 38.1 Å². The summed E-state index contributed by atoms with van der Waals surface area (Å²) in [5, 5.41) is 3.32. The molecule has 11 heteroatoms. The van der Waals surface area contributed by atoms with Gasteiger partial charge in [-0.2, -0.15) is 15.0 Å². The van der Waals surface area contributed by atoms with Crippen LogP contribution in [0.3, 0.4) is 0 Å². The van der Waals surface area contributed by atoms with Crippen LogP contribution in [0.25, 0.3) is 0 Å². The summed E-state index contributed by atoms with van der Waals surface area (Å²) in [6, 6.07) is 5.83. The van der Waals surface area contributed by atoms with E-state index < -0.39 is 0 Å². The van der Waals surface area contributed by atoms with E-state index in [9.17, 15) is 0 Å². The lowest BCUT2D eigenvalue weighted by molar-refractivity contribution is 0.441. The first-order valence-corrected chi connectivity index (χ1v) is 10.9. The highest BCUT2D eigenvalue weighted by Gasteiger charge is 2.28. The zero-order chi connectivity index (χ0) is 21.8. The molecule has 4 rings (SSSR count). The van der Waals surface area contributed by atoms with E-state index >= 15 is 0 Å². The molecule has 4 atom stereocenters. The van der Waals surface area contributed by atoms with Crippen molar-refractivity contribution < 1.29 is 0 Å². The van der Waals surface area contributed by atoms with Crippen LogP contribution >= 0.6 is 0 Å². The quantitative estimate of drug-likeness (QED) is 0.368. The number of rotatable bonds is 6. The van der Waals surface area contributed by atoms with Crippen molar-refractivity contribution in [2.75, 3.05) is 47.8 Å².